The van der Waals surface area contributed by atoms with E-state index in [1.807, 2.05) is 0 Å². The SMILES string of the molecule is Cl.O=C(O)/C=C/c1ccc(C(F)(F)F)cc1. The Hall–Kier alpha value is -1.49. The van der Waals surface area contributed by atoms with Crippen molar-refractivity contribution in [2.45, 2.75) is 6.18 Å². The zero-order valence-electron chi connectivity index (χ0n) is 7.86. The van der Waals surface area contributed by atoms with Crippen molar-refractivity contribution in [3.05, 3.63) is 41.5 Å². The van der Waals surface area contributed by atoms with Gasteiger partial charge in [0.2, 0.25) is 0 Å². The van der Waals surface area contributed by atoms with Crippen LogP contribution in [-0.4, -0.2) is 11.1 Å². The van der Waals surface area contributed by atoms with Gasteiger partial charge in [0.1, 0.15) is 0 Å². The molecule has 0 saturated heterocycles. The lowest BCUT2D eigenvalue weighted by atomic mass is 10.1. The van der Waals surface area contributed by atoms with Gasteiger partial charge in [0.05, 0.1) is 5.56 Å². The lowest BCUT2D eigenvalue weighted by Gasteiger charge is -2.05. The fourth-order valence-electron chi connectivity index (χ4n) is 0.951. The first-order chi connectivity index (χ1) is 6.89. The number of rotatable bonds is 2. The molecular weight excluding hydrogens is 245 g/mol. The van der Waals surface area contributed by atoms with E-state index >= 15 is 0 Å². The van der Waals surface area contributed by atoms with Crippen molar-refractivity contribution in [3.8, 4) is 0 Å². The molecule has 2 nitrogen and oxygen atoms in total. The molecule has 1 N–H and O–H groups in total. The van der Waals surface area contributed by atoms with Crippen molar-refractivity contribution in [2.75, 3.05) is 0 Å². The van der Waals surface area contributed by atoms with E-state index in [-0.39, 0.29) is 12.4 Å². The maximum atomic E-state index is 12.1. The number of carboxylic acids is 1. The molecule has 0 radical (unpaired) electrons. The molecule has 0 atom stereocenters. The van der Waals surface area contributed by atoms with Crippen LogP contribution < -0.4 is 0 Å². The van der Waals surface area contributed by atoms with Crippen molar-refractivity contribution in [2.24, 2.45) is 0 Å². The zero-order chi connectivity index (χ0) is 11.5. The van der Waals surface area contributed by atoms with Crippen molar-refractivity contribution in [3.63, 3.8) is 0 Å². The first-order valence-electron chi connectivity index (χ1n) is 3.98. The molecule has 16 heavy (non-hydrogen) atoms. The Labute approximate surface area is 95.8 Å². The third-order valence-corrected chi connectivity index (χ3v) is 1.66. The number of alkyl halides is 3. The highest BCUT2D eigenvalue weighted by Crippen LogP contribution is 2.29. The minimum absolute atomic E-state index is 0. The topological polar surface area (TPSA) is 37.3 Å². The second kappa shape index (κ2) is 5.55. The molecule has 1 aromatic carbocycles. The standard InChI is InChI=1S/C10H7F3O2.ClH/c11-10(12,13)8-4-1-7(2-5-8)3-6-9(14)15;/h1-6H,(H,14,15);1H/b6-3+;. The fourth-order valence-corrected chi connectivity index (χ4v) is 0.951. The molecule has 0 heterocycles. The molecule has 0 unspecified atom stereocenters. The third kappa shape index (κ3) is 4.35. The molecule has 0 aliphatic rings. The predicted octanol–water partition coefficient (Wildman–Crippen LogP) is 3.23. The van der Waals surface area contributed by atoms with E-state index in [1.165, 1.54) is 18.2 Å². The van der Waals surface area contributed by atoms with Crippen molar-refractivity contribution in [1.82, 2.24) is 0 Å². The maximum Gasteiger partial charge on any atom is 0.416 e. The Balaban J connectivity index is 0.00000225. The number of aliphatic carboxylic acids is 1. The molecule has 1 rings (SSSR count). The number of benzene rings is 1. The molecule has 0 saturated carbocycles. The van der Waals surface area contributed by atoms with E-state index in [2.05, 4.69) is 0 Å². The number of hydrogen-bond donors (Lipinski definition) is 1. The number of halogens is 4. The minimum Gasteiger partial charge on any atom is -0.478 e. The van der Waals surface area contributed by atoms with E-state index in [1.54, 1.807) is 0 Å². The van der Waals surface area contributed by atoms with E-state index in [9.17, 15) is 18.0 Å². The molecule has 1 aromatic rings. The van der Waals surface area contributed by atoms with Crippen LogP contribution in [0.4, 0.5) is 13.2 Å². The van der Waals surface area contributed by atoms with Gasteiger partial charge < -0.3 is 5.11 Å². The summed E-state index contributed by atoms with van der Waals surface area (Å²) in [6.45, 7) is 0. The first kappa shape index (κ1) is 14.5. The molecule has 6 heteroatoms. The highest BCUT2D eigenvalue weighted by atomic mass is 35.5. The number of carboxylic acid groups (broad SMARTS) is 1. The molecule has 0 bridgehead atoms. The van der Waals surface area contributed by atoms with Crippen molar-refractivity contribution >= 4 is 24.5 Å². The van der Waals surface area contributed by atoms with E-state index in [0.717, 1.165) is 18.2 Å². The van der Waals surface area contributed by atoms with Gasteiger partial charge in [-0.1, -0.05) is 12.1 Å². The normalized spacial score (nSPS) is 11.2. The van der Waals surface area contributed by atoms with Gasteiger partial charge in [-0.15, -0.1) is 12.4 Å². The average molecular weight is 253 g/mol. The summed E-state index contributed by atoms with van der Waals surface area (Å²) in [5, 5.41) is 8.29. The van der Waals surface area contributed by atoms with Gasteiger partial charge in [-0.05, 0) is 23.8 Å². The summed E-state index contributed by atoms with van der Waals surface area (Å²) in [5.41, 5.74) is -0.347. The van der Waals surface area contributed by atoms with Crippen LogP contribution in [0.5, 0.6) is 0 Å². The first-order valence-corrected chi connectivity index (χ1v) is 3.98. The van der Waals surface area contributed by atoms with Crippen LogP contribution in [0.15, 0.2) is 30.3 Å². The lowest BCUT2D eigenvalue weighted by molar-refractivity contribution is -0.137. The monoisotopic (exact) mass is 252 g/mol. The van der Waals surface area contributed by atoms with Crippen LogP contribution in [0.25, 0.3) is 6.08 Å². The highest BCUT2D eigenvalue weighted by molar-refractivity contribution is 5.85. The lowest BCUT2D eigenvalue weighted by Crippen LogP contribution is -2.03. The van der Waals surface area contributed by atoms with Gasteiger partial charge >= 0.3 is 12.1 Å². The molecule has 88 valence electrons. The summed E-state index contributed by atoms with van der Waals surface area (Å²) >= 11 is 0. The molecule has 0 aliphatic heterocycles. The van der Waals surface area contributed by atoms with Crippen molar-refractivity contribution < 1.29 is 23.1 Å². The second-order valence-corrected chi connectivity index (χ2v) is 2.79. The fraction of sp³-hybridized carbons (Fsp3) is 0.100. The van der Waals surface area contributed by atoms with Gasteiger partial charge in [0, 0.05) is 6.08 Å². The Kier molecular flexibility index (Phi) is 5.04. The molecule has 0 fully saturated rings. The minimum atomic E-state index is -4.37. The molecular formula is C10H8ClF3O2. The molecule has 0 amide bonds. The van der Waals surface area contributed by atoms with Gasteiger partial charge in [0.25, 0.3) is 0 Å². The average Bonchev–Trinajstić information content (AvgIpc) is 2.14. The summed E-state index contributed by atoms with van der Waals surface area (Å²) in [4.78, 5) is 10.1. The van der Waals surface area contributed by atoms with Gasteiger partial charge in [0.15, 0.2) is 0 Å². The Morgan fingerprint density at radius 3 is 2.06 bits per heavy atom. The number of carbonyl (C=O) groups is 1. The summed E-state index contributed by atoms with van der Waals surface area (Å²) in [6.07, 6.45) is -2.28. The summed E-state index contributed by atoms with van der Waals surface area (Å²) in [5.74, 6) is -1.14. The zero-order valence-corrected chi connectivity index (χ0v) is 8.68. The third-order valence-electron chi connectivity index (χ3n) is 1.66. The Bertz CT molecular complexity index is 382. The van der Waals surface area contributed by atoms with Gasteiger partial charge in [-0.3, -0.25) is 0 Å². The smallest absolute Gasteiger partial charge is 0.416 e. The molecule has 0 aliphatic carbocycles. The summed E-state index contributed by atoms with van der Waals surface area (Å²) in [6, 6.07) is 4.23. The number of hydrogen-bond acceptors (Lipinski definition) is 1. The summed E-state index contributed by atoms with van der Waals surface area (Å²) < 4.78 is 36.4. The van der Waals surface area contributed by atoms with Crippen LogP contribution in [0.2, 0.25) is 0 Å². The maximum absolute atomic E-state index is 12.1. The van der Waals surface area contributed by atoms with Gasteiger partial charge in [-0.25, -0.2) is 4.79 Å². The van der Waals surface area contributed by atoms with Crippen LogP contribution in [0, 0.1) is 0 Å². The van der Waals surface area contributed by atoms with E-state index in [4.69, 9.17) is 5.11 Å². The van der Waals surface area contributed by atoms with E-state index < -0.39 is 17.7 Å². The Morgan fingerprint density at radius 2 is 1.69 bits per heavy atom. The van der Waals surface area contributed by atoms with Crippen LogP contribution in [0.3, 0.4) is 0 Å². The molecule has 0 aromatic heterocycles. The van der Waals surface area contributed by atoms with Gasteiger partial charge in [-0.2, -0.15) is 13.2 Å². The van der Waals surface area contributed by atoms with E-state index in [0.29, 0.717) is 5.56 Å². The van der Waals surface area contributed by atoms with Crippen LogP contribution in [-0.2, 0) is 11.0 Å². The van der Waals surface area contributed by atoms with Crippen LogP contribution >= 0.6 is 12.4 Å². The van der Waals surface area contributed by atoms with Crippen LogP contribution in [0.1, 0.15) is 11.1 Å². The summed E-state index contributed by atoms with van der Waals surface area (Å²) in [7, 11) is 0. The Morgan fingerprint density at radius 1 is 1.19 bits per heavy atom. The molecule has 0 spiro atoms. The quantitative estimate of drug-likeness (QED) is 0.821. The van der Waals surface area contributed by atoms with Crippen molar-refractivity contribution in [1.29, 1.82) is 0 Å². The largest absolute Gasteiger partial charge is 0.478 e. The predicted molar refractivity (Wildman–Crippen MR) is 55.4 cm³/mol. The second-order valence-electron chi connectivity index (χ2n) is 2.79. The highest BCUT2D eigenvalue weighted by Gasteiger charge is 2.29.